The molecule has 0 spiro atoms. The molecule has 2 atom stereocenters. The molecule has 0 unspecified atom stereocenters. The first-order valence-corrected chi connectivity index (χ1v) is 17.4. The molecule has 0 aliphatic carbocycles. The largest absolute Gasteiger partial charge is 0.490 e. The lowest BCUT2D eigenvalue weighted by atomic mass is 10.0. The van der Waals surface area contributed by atoms with Crippen molar-refractivity contribution in [2.45, 2.75) is 32.6 Å². The summed E-state index contributed by atoms with van der Waals surface area (Å²) in [6, 6.07) is 33.1. The van der Waals surface area contributed by atoms with Crippen molar-refractivity contribution in [2.75, 3.05) is 26.3 Å². The summed E-state index contributed by atoms with van der Waals surface area (Å²) in [6.45, 7) is 4.15. The summed E-state index contributed by atoms with van der Waals surface area (Å²) in [4.78, 5) is 26.9. The van der Waals surface area contributed by atoms with Gasteiger partial charge in [0, 0.05) is 47.1 Å². The van der Waals surface area contributed by atoms with E-state index in [0.29, 0.717) is 46.1 Å². The average molecular weight is 714 g/mol. The van der Waals surface area contributed by atoms with Crippen molar-refractivity contribution in [3.8, 4) is 33.8 Å². The fourth-order valence-electron chi connectivity index (χ4n) is 6.61. The number of ether oxygens (including phenoxy) is 2. The molecule has 270 valence electrons. The molecule has 0 radical (unpaired) electrons. The maximum Gasteiger partial charge on any atom is 0.336 e. The zero-order valence-electron chi connectivity index (χ0n) is 29.4. The molecule has 10 heteroatoms. The maximum atomic E-state index is 12.5. The van der Waals surface area contributed by atoms with Gasteiger partial charge in [-0.1, -0.05) is 60.7 Å². The molecule has 2 N–H and O–H groups in total. The minimum absolute atomic E-state index is 0.0529. The lowest BCUT2D eigenvalue weighted by molar-refractivity contribution is 0.0258. The summed E-state index contributed by atoms with van der Waals surface area (Å²) in [7, 11) is 0. The van der Waals surface area contributed by atoms with E-state index in [1.807, 2.05) is 97.6 Å². The number of hydrogen-bond donors (Lipinski definition) is 2. The number of fused-ring (bicyclic) bond motifs is 2. The van der Waals surface area contributed by atoms with E-state index in [1.165, 1.54) is 12.1 Å². The monoisotopic (exact) mass is 713 g/mol. The van der Waals surface area contributed by atoms with Gasteiger partial charge in [0.25, 0.3) is 0 Å². The van der Waals surface area contributed by atoms with Crippen LogP contribution in [0.4, 0.5) is 0 Å². The van der Waals surface area contributed by atoms with E-state index in [9.17, 15) is 19.8 Å². The molecule has 7 aromatic rings. The van der Waals surface area contributed by atoms with Crippen LogP contribution in [-0.4, -0.2) is 53.6 Å². The van der Waals surface area contributed by atoms with Crippen molar-refractivity contribution in [3.05, 3.63) is 153 Å². The van der Waals surface area contributed by atoms with E-state index in [4.69, 9.17) is 22.7 Å². The Hall–Kier alpha value is -5.94. The molecular formula is C43H39NO9. The van der Waals surface area contributed by atoms with Crippen LogP contribution in [0.25, 0.3) is 44.2 Å². The van der Waals surface area contributed by atoms with Crippen LogP contribution >= 0.6 is 0 Å². The third-order valence-electron chi connectivity index (χ3n) is 9.15. The topological polar surface area (TPSA) is 136 Å². The molecule has 10 nitrogen and oxygen atoms in total. The predicted octanol–water partition coefficient (Wildman–Crippen LogP) is 7.13. The first-order chi connectivity index (χ1) is 25.7. The number of hydrogen-bond acceptors (Lipinski definition) is 10. The second-order valence-corrected chi connectivity index (χ2v) is 13.0. The van der Waals surface area contributed by atoms with Gasteiger partial charge in [-0.25, -0.2) is 9.59 Å². The number of rotatable bonds is 14. The van der Waals surface area contributed by atoms with Gasteiger partial charge in [0.15, 0.2) is 0 Å². The Bertz CT molecular complexity index is 2280. The molecule has 7 rings (SSSR count). The third kappa shape index (κ3) is 8.10. The van der Waals surface area contributed by atoms with Gasteiger partial charge in [-0.05, 0) is 72.5 Å². The molecule has 0 saturated carbocycles. The summed E-state index contributed by atoms with van der Waals surface area (Å²) in [6.07, 6.45) is -0.318. The van der Waals surface area contributed by atoms with E-state index < -0.39 is 23.5 Å². The maximum absolute atomic E-state index is 12.5. The smallest absolute Gasteiger partial charge is 0.336 e. The first kappa shape index (κ1) is 35.5. The van der Waals surface area contributed by atoms with Gasteiger partial charge in [0.1, 0.15) is 53.8 Å². The van der Waals surface area contributed by atoms with E-state index in [2.05, 4.69) is 0 Å². The highest BCUT2D eigenvalue weighted by Gasteiger charge is 2.21. The number of nitrogens with zero attached hydrogens (tertiary/aromatic N) is 1. The zero-order valence-corrected chi connectivity index (χ0v) is 29.4. The molecule has 3 heterocycles. The standard InChI is InChI=1S/C43H39NO9/c1-27-38(17-15-34-36(20-40(47)52-42(27)34)29-10-5-3-6-11-29)50-25-31(45)22-44(24-33-14-9-19-49-33)23-32(46)26-51-39-18-16-35-37(30-12-7-4-8-13-30)21-41(48)53-43(35)28(39)2/h3-21,31-32,45-46H,22-26H2,1-2H3/t31-,32+. The van der Waals surface area contributed by atoms with Crippen LogP contribution in [0.15, 0.2) is 138 Å². The van der Waals surface area contributed by atoms with Gasteiger partial charge >= 0.3 is 11.3 Å². The van der Waals surface area contributed by atoms with Crippen LogP contribution in [-0.2, 0) is 6.54 Å². The molecule has 3 aromatic heterocycles. The zero-order chi connectivity index (χ0) is 36.9. The Morgan fingerprint density at radius 1 is 0.623 bits per heavy atom. The fourth-order valence-corrected chi connectivity index (χ4v) is 6.61. The molecule has 0 saturated heterocycles. The first-order valence-electron chi connectivity index (χ1n) is 17.4. The number of benzene rings is 4. The summed E-state index contributed by atoms with van der Waals surface area (Å²) < 4.78 is 28.9. The Balaban J connectivity index is 1.02. The average Bonchev–Trinajstić information content (AvgIpc) is 3.68. The SMILES string of the molecule is Cc1c(OC[C@@H](O)CN(Cc2ccco2)C[C@@H](O)COc2ccc3c(-c4ccccc4)cc(=O)oc3c2C)ccc2c(-c3ccccc3)cc(=O)oc12. The molecule has 0 bridgehead atoms. The lowest BCUT2D eigenvalue weighted by Gasteiger charge is -2.27. The van der Waals surface area contributed by atoms with Gasteiger partial charge in [-0.2, -0.15) is 0 Å². The van der Waals surface area contributed by atoms with Crippen molar-refractivity contribution in [1.29, 1.82) is 0 Å². The van der Waals surface area contributed by atoms with Crippen molar-refractivity contribution >= 4 is 21.9 Å². The fraction of sp³-hybridized carbons (Fsp3) is 0.209. The number of aryl methyl sites for hydroxylation is 2. The van der Waals surface area contributed by atoms with Crippen molar-refractivity contribution in [2.24, 2.45) is 0 Å². The van der Waals surface area contributed by atoms with Crippen LogP contribution in [0.3, 0.4) is 0 Å². The molecule has 4 aromatic carbocycles. The van der Waals surface area contributed by atoms with Crippen molar-refractivity contribution in [1.82, 2.24) is 4.90 Å². The van der Waals surface area contributed by atoms with Crippen LogP contribution in [0.2, 0.25) is 0 Å². The highest BCUT2D eigenvalue weighted by atomic mass is 16.5. The van der Waals surface area contributed by atoms with E-state index >= 15 is 0 Å². The van der Waals surface area contributed by atoms with E-state index in [0.717, 1.165) is 33.0 Å². The van der Waals surface area contributed by atoms with Gasteiger partial charge in [-0.3, -0.25) is 4.90 Å². The molecule has 0 amide bonds. The lowest BCUT2D eigenvalue weighted by Crippen LogP contribution is -2.41. The highest BCUT2D eigenvalue weighted by molar-refractivity contribution is 5.96. The van der Waals surface area contributed by atoms with Gasteiger partial charge in [-0.15, -0.1) is 0 Å². The second-order valence-electron chi connectivity index (χ2n) is 13.0. The van der Waals surface area contributed by atoms with Crippen molar-refractivity contribution in [3.63, 3.8) is 0 Å². The quantitative estimate of drug-likeness (QED) is 0.112. The Kier molecular flexibility index (Phi) is 10.5. The summed E-state index contributed by atoms with van der Waals surface area (Å²) >= 11 is 0. The van der Waals surface area contributed by atoms with Crippen molar-refractivity contribution < 1.29 is 32.9 Å². The third-order valence-corrected chi connectivity index (χ3v) is 9.15. The van der Waals surface area contributed by atoms with Gasteiger partial charge < -0.3 is 32.9 Å². The summed E-state index contributed by atoms with van der Waals surface area (Å²) in [5, 5.41) is 23.8. The minimum atomic E-state index is -0.944. The molecule has 0 aliphatic rings. The van der Waals surface area contributed by atoms with Crippen LogP contribution in [0.1, 0.15) is 16.9 Å². The molecule has 0 aliphatic heterocycles. The van der Waals surface area contributed by atoms with Crippen LogP contribution in [0.5, 0.6) is 11.5 Å². The normalized spacial score (nSPS) is 12.7. The Morgan fingerprint density at radius 3 is 1.53 bits per heavy atom. The Morgan fingerprint density at radius 2 is 1.09 bits per heavy atom. The van der Waals surface area contributed by atoms with E-state index in [-0.39, 0.29) is 26.3 Å². The Labute approximate surface area is 305 Å². The predicted molar refractivity (Wildman–Crippen MR) is 202 cm³/mol. The van der Waals surface area contributed by atoms with Crippen LogP contribution in [0, 0.1) is 13.8 Å². The molecule has 53 heavy (non-hydrogen) atoms. The number of aliphatic hydroxyl groups is 2. The number of aliphatic hydroxyl groups excluding tert-OH is 2. The van der Waals surface area contributed by atoms with Crippen LogP contribution < -0.4 is 20.7 Å². The number of furan rings is 1. The molecule has 0 fully saturated rings. The highest BCUT2D eigenvalue weighted by Crippen LogP contribution is 2.34. The summed E-state index contributed by atoms with van der Waals surface area (Å²) in [5.74, 6) is 1.62. The van der Waals surface area contributed by atoms with Gasteiger partial charge in [0.05, 0.1) is 12.8 Å². The van der Waals surface area contributed by atoms with Gasteiger partial charge in [0.2, 0.25) is 0 Å². The second kappa shape index (κ2) is 15.7. The summed E-state index contributed by atoms with van der Waals surface area (Å²) in [5.41, 5.74) is 4.53. The molecular weight excluding hydrogens is 674 g/mol. The minimum Gasteiger partial charge on any atom is -0.490 e. The van der Waals surface area contributed by atoms with E-state index in [1.54, 1.807) is 24.5 Å².